The van der Waals surface area contributed by atoms with E-state index in [2.05, 4.69) is 5.32 Å². The Balaban J connectivity index is 3.00. The molecule has 14 heavy (non-hydrogen) atoms. The average Bonchev–Trinajstić information content (AvgIpc) is 2.49. The van der Waals surface area contributed by atoms with Gasteiger partial charge in [0.1, 0.15) is 11.3 Å². The fourth-order valence-electron chi connectivity index (χ4n) is 1.44. The van der Waals surface area contributed by atoms with Crippen LogP contribution in [0.5, 0.6) is 0 Å². The van der Waals surface area contributed by atoms with Crippen molar-refractivity contribution < 1.29 is 14.3 Å². The summed E-state index contributed by atoms with van der Waals surface area (Å²) in [5, 5.41) is 11.9. The lowest BCUT2D eigenvalue weighted by atomic mass is 10.1. The molecule has 78 valence electrons. The van der Waals surface area contributed by atoms with E-state index in [4.69, 9.17) is 9.52 Å². The maximum atomic E-state index is 11.0. The molecular formula is C10H15NO3. The molecule has 0 amide bonds. The molecule has 1 aromatic rings. The van der Waals surface area contributed by atoms with E-state index < -0.39 is 5.97 Å². The van der Waals surface area contributed by atoms with Crippen LogP contribution in [0, 0.1) is 0 Å². The van der Waals surface area contributed by atoms with Crippen molar-refractivity contribution in [3.05, 3.63) is 23.2 Å². The van der Waals surface area contributed by atoms with E-state index in [0.29, 0.717) is 17.9 Å². The van der Waals surface area contributed by atoms with Crippen LogP contribution in [0.1, 0.15) is 35.0 Å². The van der Waals surface area contributed by atoms with Gasteiger partial charge in [-0.2, -0.15) is 0 Å². The van der Waals surface area contributed by atoms with E-state index >= 15 is 0 Å². The van der Waals surface area contributed by atoms with Gasteiger partial charge in [-0.3, -0.25) is 0 Å². The van der Waals surface area contributed by atoms with Gasteiger partial charge in [-0.15, -0.1) is 0 Å². The van der Waals surface area contributed by atoms with Gasteiger partial charge < -0.3 is 14.8 Å². The van der Waals surface area contributed by atoms with Crippen molar-refractivity contribution >= 4 is 5.97 Å². The number of hydrogen-bond donors (Lipinski definition) is 2. The number of aromatic carboxylic acids is 1. The number of carboxylic acid groups (broad SMARTS) is 1. The Kier molecular flexibility index (Phi) is 3.71. The molecule has 0 aliphatic heterocycles. The van der Waals surface area contributed by atoms with Gasteiger partial charge in [-0.05, 0) is 13.5 Å². The second-order valence-corrected chi connectivity index (χ2v) is 3.14. The third-order valence-corrected chi connectivity index (χ3v) is 2.01. The molecule has 1 aromatic heterocycles. The van der Waals surface area contributed by atoms with Gasteiger partial charge in [-0.1, -0.05) is 13.3 Å². The van der Waals surface area contributed by atoms with E-state index in [-0.39, 0.29) is 0 Å². The highest BCUT2D eigenvalue weighted by Crippen LogP contribution is 2.18. The zero-order valence-electron chi connectivity index (χ0n) is 8.46. The monoisotopic (exact) mass is 197 g/mol. The summed E-state index contributed by atoms with van der Waals surface area (Å²) in [6.45, 7) is 2.46. The van der Waals surface area contributed by atoms with Gasteiger partial charge in [-0.25, -0.2) is 4.79 Å². The summed E-state index contributed by atoms with van der Waals surface area (Å²) < 4.78 is 5.21. The number of carbonyl (C=O) groups is 1. The third-order valence-electron chi connectivity index (χ3n) is 2.01. The highest BCUT2D eigenvalue weighted by Gasteiger charge is 2.18. The first-order chi connectivity index (χ1) is 6.70. The predicted molar refractivity (Wildman–Crippen MR) is 52.4 cm³/mol. The Labute approximate surface area is 82.9 Å². The second kappa shape index (κ2) is 4.81. The molecule has 2 N–H and O–H groups in total. The van der Waals surface area contributed by atoms with Crippen LogP contribution in [-0.4, -0.2) is 18.1 Å². The summed E-state index contributed by atoms with van der Waals surface area (Å²) in [6.07, 6.45) is 3.20. The molecule has 0 bridgehead atoms. The molecule has 0 saturated carbocycles. The first-order valence-corrected chi connectivity index (χ1v) is 4.67. The molecule has 1 rings (SSSR count). The van der Waals surface area contributed by atoms with Gasteiger partial charge in [0.25, 0.3) is 0 Å². The zero-order chi connectivity index (χ0) is 10.6. The Morgan fingerprint density at radius 3 is 2.86 bits per heavy atom. The molecular weight excluding hydrogens is 182 g/mol. The van der Waals surface area contributed by atoms with Crippen molar-refractivity contribution in [2.75, 3.05) is 7.05 Å². The molecule has 1 heterocycles. The molecule has 0 aliphatic rings. The van der Waals surface area contributed by atoms with Crippen molar-refractivity contribution in [3.8, 4) is 0 Å². The van der Waals surface area contributed by atoms with Gasteiger partial charge in [0.15, 0.2) is 0 Å². The van der Waals surface area contributed by atoms with Gasteiger partial charge >= 0.3 is 5.97 Å². The van der Waals surface area contributed by atoms with Crippen LogP contribution >= 0.6 is 0 Å². The SMILES string of the molecule is CCCc1coc(CNC)c1C(=O)O. The normalized spacial score (nSPS) is 10.4. The topological polar surface area (TPSA) is 62.5 Å². The standard InChI is InChI=1S/C10H15NO3/c1-3-4-7-6-14-8(5-11-2)9(7)10(12)13/h6,11H,3-5H2,1-2H3,(H,12,13). The molecule has 0 aliphatic carbocycles. The predicted octanol–water partition coefficient (Wildman–Crippen LogP) is 1.65. The van der Waals surface area contributed by atoms with Crippen molar-refractivity contribution in [2.45, 2.75) is 26.3 Å². The fraction of sp³-hybridized carbons (Fsp3) is 0.500. The van der Waals surface area contributed by atoms with E-state index in [1.165, 1.54) is 0 Å². The molecule has 0 spiro atoms. The minimum absolute atomic E-state index is 0.321. The smallest absolute Gasteiger partial charge is 0.339 e. The third kappa shape index (κ3) is 2.14. The lowest BCUT2D eigenvalue weighted by Crippen LogP contribution is -2.10. The molecule has 0 atom stereocenters. The summed E-state index contributed by atoms with van der Waals surface area (Å²) in [4.78, 5) is 11.0. The average molecular weight is 197 g/mol. The van der Waals surface area contributed by atoms with Crippen molar-refractivity contribution in [1.29, 1.82) is 0 Å². The molecule has 4 heteroatoms. The Morgan fingerprint density at radius 2 is 2.36 bits per heavy atom. The maximum Gasteiger partial charge on any atom is 0.339 e. The number of carboxylic acids is 1. The van der Waals surface area contributed by atoms with E-state index in [0.717, 1.165) is 18.4 Å². The van der Waals surface area contributed by atoms with E-state index in [1.807, 2.05) is 6.92 Å². The minimum atomic E-state index is -0.910. The van der Waals surface area contributed by atoms with Crippen LogP contribution in [0.4, 0.5) is 0 Å². The van der Waals surface area contributed by atoms with Gasteiger partial charge in [0.2, 0.25) is 0 Å². The van der Waals surface area contributed by atoms with Crippen LogP contribution in [0.3, 0.4) is 0 Å². The number of nitrogens with one attached hydrogen (secondary N) is 1. The summed E-state index contributed by atoms with van der Waals surface area (Å²) in [5.41, 5.74) is 1.10. The lowest BCUT2D eigenvalue weighted by molar-refractivity contribution is 0.0693. The van der Waals surface area contributed by atoms with Crippen LogP contribution < -0.4 is 5.32 Å². The number of rotatable bonds is 5. The zero-order valence-corrected chi connectivity index (χ0v) is 8.46. The Hall–Kier alpha value is -1.29. The molecule has 0 aromatic carbocycles. The van der Waals surface area contributed by atoms with Crippen LogP contribution in [0.25, 0.3) is 0 Å². The summed E-state index contributed by atoms with van der Waals surface area (Å²) in [5.74, 6) is -0.407. The highest BCUT2D eigenvalue weighted by atomic mass is 16.4. The quantitative estimate of drug-likeness (QED) is 0.753. The number of furan rings is 1. The molecule has 0 unspecified atom stereocenters. The Morgan fingerprint density at radius 1 is 1.64 bits per heavy atom. The van der Waals surface area contributed by atoms with E-state index in [1.54, 1.807) is 13.3 Å². The van der Waals surface area contributed by atoms with E-state index in [9.17, 15) is 4.79 Å². The van der Waals surface area contributed by atoms with Gasteiger partial charge in [0, 0.05) is 5.56 Å². The van der Waals surface area contributed by atoms with Crippen LogP contribution in [0.15, 0.2) is 10.7 Å². The van der Waals surface area contributed by atoms with Crippen molar-refractivity contribution in [2.24, 2.45) is 0 Å². The van der Waals surface area contributed by atoms with Crippen molar-refractivity contribution in [1.82, 2.24) is 5.32 Å². The summed E-state index contributed by atoms with van der Waals surface area (Å²) in [7, 11) is 1.76. The summed E-state index contributed by atoms with van der Waals surface area (Å²) >= 11 is 0. The van der Waals surface area contributed by atoms with Crippen LogP contribution in [-0.2, 0) is 13.0 Å². The lowest BCUT2D eigenvalue weighted by Gasteiger charge is -1.99. The molecule has 0 saturated heterocycles. The maximum absolute atomic E-state index is 11.0. The number of aryl methyl sites for hydroxylation is 1. The van der Waals surface area contributed by atoms with Crippen molar-refractivity contribution in [3.63, 3.8) is 0 Å². The Bertz CT molecular complexity index is 294. The minimum Gasteiger partial charge on any atom is -0.478 e. The number of hydrogen-bond acceptors (Lipinski definition) is 3. The highest BCUT2D eigenvalue weighted by molar-refractivity contribution is 5.90. The molecule has 0 radical (unpaired) electrons. The molecule has 0 fully saturated rings. The van der Waals surface area contributed by atoms with Crippen LogP contribution in [0.2, 0.25) is 0 Å². The first kappa shape index (κ1) is 10.8. The first-order valence-electron chi connectivity index (χ1n) is 4.67. The second-order valence-electron chi connectivity index (χ2n) is 3.14. The van der Waals surface area contributed by atoms with Gasteiger partial charge in [0.05, 0.1) is 12.8 Å². The largest absolute Gasteiger partial charge is 0.478 e. The summed E-state index contributed by atoms with van der Waals surface area (Å²) in [6, 6.07) is 0. The molecule has 4 nitrogen and oxygen atoms in total. The fourth-order valence-corrected chi connectivity index (χ4v) is 1.44.